The van der Waals surface area contributed by atoms with Gasteiger partial charge in [-0.05, 0) is 31.2 Å². The number of carbonyl (C=O) groups excluding carboxylic acids is 2. The smallest absolute Gasteiger partial charge is 0.308 e. The molecule has 98 valence electrons. The summed E-state index contributed by atoms with van der Waals surface area (Å²) in [5.74, 6) is -0.00800. The van der Waals surface area contributed by atoms with Crippen LogP contribution in [0, 0.1) is 0 Å². The van der Waals surface area contributed by atoms with Crippen molar-refractivity contribution in [3.8, 4) is 0 Å². The fourth-order valence-electron chi connectivity index (χ4n) is 1.57. The fraction of sp³-hybridized carbons (Fsp3) is 0.154. The zero-order chi connectivity index (χ0) is 13.8. The molecule has 0 aliphatic heterocycles. The van der Waals surface area contributed by atoms with Crippen LogP contribution in [-0.2, 0) is 7.05 Å². The third-order valence-electron chi connectivity index (χ3n) is 2.51. The highest BCUT2D eigenvalue weighted by Crippen LogP contribution is 2.11. The Labute approximate surface area is 110 Å². The minimum Gasteiger partial charge on any atom is -0.308 e. The van der Waals surface area contributed by atoms with Crippen molar-refractivity contribution in [1.82, 2.24) is 9.78 Å². The van der Waals surface area contributed by atoms with Gasteiger partial charge >= 0.3 is 6.03 Å². The van der Waals surface area contributed by atoms with E-state index in [0.717, 1.165) is 0 Å². The lowest BCUT2D eigenvalue weighted by atomic mass is 10.1. The second-order valence-corrected chi connectivity index (χ2v) is 4.12. The molecule has 0 aliphatic rings. The van der Waals surface area contributed by atoms with E-state index < -0.39 is 0 Å². The van der Waals surface area contributed by atoms with E-state index in [9.17, 15) is 9.59 Å². The van der Waals surface area contributed by atoms with E-state index in [1.165, 1.54) is 6.92 Å². The van der Waals surface area contributed by atoms with Gasteiger partial charge in [0.05, 0.1) is 11.9 Å². The van der Waals surface area contributed by atoms with Gasteiger partial charge in [0.15, 0.2) is 5.78 Å². The van der Waals surface area contributed by atoms with Crippen LogP contribution in [-0.4, -0.2) is 21.6 Å². The Morgan fingerprint density at radius 2 is 1.74 bits per heavy atom. The number of benzene rings is 1. The van der Waals surface area contributed by atoms with Crippen LogP contribution in [0.3, 0.4) is 0 Å². The summed E-state index contributed by atoms with van der Waals surface area (Å²) in [5, 5.41) is 9.26. The molecule has 6 nitrogen and oxygen atoms in total. The van der Waals surface area contributed by atoms with Gasteiger partial charge in [0.25, 0.3) is 0 Å². The first-order valence-corrected chi connectivity index (χ1v) is 5.72. The summed E-state index contributed by atoms with van der Waals surface area (Å²) in [4.78, 5) is 22.8. The van der Waals surface area contributed by atoms with Crippen molar-refractivity contribution in [1.29, 1.82) is 0 Å². The number of urea groups is 1. The topological polar surface area (TPSA) is 76.0 Å². The second kappa shape index (κ2) is 5.34. The molecule has 1 aromatic heterocycles. The van der Waals surface area contributed by atoms with Crippen LogP contribution >= 0.6 is 0 Å². The van der Waals surface area contributed by atoms with Crippen LogP contribution in [0.5, 0.6) is 0 Å². The van der Waals surface area contributed by atoms with E-state index in [0.29, 0.717) is 16.9 Å². The van der Waals surface area contributed by atoms with E-state index in [4.69, 9.17) is 0 Å². The number of hydrogen-bond acceptors (Lipinski definition) is 3. The Balaban J connectivity index is 1.97. The van der Waals surface area contributed by atoms with E-state index in [2.05, 4.69) is 15.7 Å². The Morgan fingerprint density at radius 3 is 2.26 bits per heavy atom. The molecule has 2 rings (SSSR count). The summed E-state index contributed by atoms with van der Waals surface area (Å²) in [6.07, 6.45) is 3.25. The first-order valence-electron chi connectivity index (χ1n) is 5.72. The minimum atomic E-state index is -0.358. The summed E-state index contributed by atoms with van der Waals surface area (Å²) >= 11 is 0. The van der Waals surface area contributed by atoms with Gasteiger partial charge in [-0.15, -0.1) is 0 Å². The third kappa shape index (κ3) is 3.41. The molecule has 0 atom stereocenters. The maximum atomic E-state index is 11.7. The molecule has 1 aromatic carbocycles. The molecule has 0 saturated carbocycles. The van der Waals surface area contributed by atoms with Crippen molar-refractivity contribution in [2.75, 3.05) is 10.6 Å². The molecule has 1 heterocycles. The number of carbonyl (C=O) groups is 2. The molecule has 0 saturated heterocycles. The average Bonchev–Trinajstić information content (AvgIpc) is 2.75. The quantitative estimate of drug-likeness (QED) is 0.829. The number of nitrogens with one attached hydrogen (secondary N) is 2. The second-order valence-electron chi connectivity index (χ2n) is 4.12. The highest BCUT2D eigenvalue weighted by molar-refractivity contribution is 6.00. The summed E-state index contributed by atoms with van der Waals surface area (Å²) < 4.78 is 1.59. The Hall–Kier alpha value is -2.63. The van der Waals surface area contributed by atoms with Crippen molar-refractivity contribution >= 4 is 23.2 Å². The molecule has 2 N–H and O–H groups in total. The predicted molar refractivity (Wildman–Crippen MR) is 72.3 cm³/mol. The van der Waals surface area contributed by atoms with Crippen LogP contribution < -0.4 is 10.6 Å². The normalized spacial score (nSPS) is 10.0. The van der Waals surface area contributed by atoms with Crippen LogP contribution in [0.25, 0.3) is 0 Å². The largest absolute Gasteiger partial charge is 0.323 e. The Morgan fingerprint density at radius 1 is 1.11 bits per heavy atom. The number of anilines is 2. The highest BCUT2D eigenvalue weighted by Gasteiger charge is 2.04. The number of nitrogens with zero attached hydrogens (tertiary/aromatic N) is 2. The lowest BCUT2D eigenvalue weighted by Gasteiger charge is -2.06. The van der Waals surface area contributed by atoms with Gasteiger partial charge in [0, 0.05) is 24.5 Å². The molecule has 2 amide bonds. The Kier molecular flexibility index (Phi) is 3.61. The summed E-state index contributed by atoms with van der Waals surface area (Å²) in [7, 11) is 1.77. The zero-order valence-corrected chi connectivity index (χ0v) is 10.7. The first kappa shape index (κ1) is 12.8. The number of Topliss-reactive ketones (excluding diaryl/α,β-unsaturated/α-hetero) is 1. The molecule has 6 heteroatoms. The van der Waals surface area contributed by atoms with Gasteiger partial charge in [-0.2, -0.15) is 5.10 Å². The maximum absolute atomic E-state index is 11.7. The highest BCUT2D eigenvalue weighted by atomic mass is 16.2. The monoisotopic (exact) mass is 258 g/mol. The van der Waals surface area contributed by atoms with Crippen LogP contribution in [0.2, 0.25) is 0 Å². The molecule has 2 aromatic rings. The first-order chi connectivity index (χ1) is 9.04. The summed E-state index contributed by atoms with van der Waals surface area (Å²) in [5.41, 5.74) is 1.84. The molecule has 19 heavy (non-hydrogen) atoms. The van der Waals surface area contributed by atoms with E-state index in [1.54, 1.807) is 48.4 Å². The van der Waals surface area contributed by atoms with Crippen molar-refractivity contribution < 1.29 is 9.59 Å². The Bertz CT molecular complexity index is 601. The van der Waals surface area contributed by atoms with E-state index >= 15 is 0 Å². The lowest BCUT2D eigenvalue weighted by Crippen LogP contribution is -2.19. The van der Waals surface area contributed by atoms with Crippen LogP contribution in [0.4, 0.5) is 16.2 Å². The predicted octanol–water partition coefficient (Wildman–Crippen LogP) is 2.27. The molecule has 0 spiro atoms. The number of hydrogen-bond donors (Lipinski definition) is 2. The number of ketones is 1. The van der Waals surface area contributed by atoms with E-state index in [1.807, 2.05) is 0 Å². The van der Waals surface area contributed by atoms with Crippen molar-refractivity contribution in [3.63, 3.8) is 0 Å². The SMILES string of the molecule is CC(=O)c1ccc(NC(=O)Nc2cnn(C)c2)cc1. The molecule has 0 unspecified atom stereocenters. The molecule has 0 fully saturated rings. The van der Waals surface area contributed by atoms with Crippen molar-refractivity contribution in [2.45, 2.75) is 6.92 Å². The molecule has 0 aliphatic carbocycles. The van der Waals surface area contributed by atoms with Gasteiger partial charge in [0.1, 0.15) is 0 Å². The zero-order valence-electron chi connectivity index (χ0n) is 10.7. The van der Waals surface area contributed by atoms with E-state index in [-0.39, 0.29) is 11.8 Å². The number of aromatic nitrogens is 2. The standard InChI is InChI=1S/C13H14N4O2/c1-9(18)10-3-5-11(6-4-10)15-13(19)16-12-7-14-17(2)8-12/h3-8H,1-2H3,(H2,15,16,19). The van der Waals surface area contributed by atoms with Gasteiger partial charge in [-0.3, -0.25) is 9.48 Å². The maximum Gasteiger partial charge on any atom is 0.323 e. The van der Waals surface area contributed by atoms with Crippen molar-refractivity contribution in [2.24, 2.45) is 7.05 Å². The molecular formula is C13H14N4O2. The van der Waals surface area contributed by atoms with Crippen LogP contribution in [0.15, 0.2) is 36.7 Å². The number of amides is 2. The number of rotatable bonds is 3. The molecule has 0 bridgehead atoms. The van der Waals surface area contributed by atoms with Gasteiger partial charge in [0.2, 0.25) is 0 Å². The van der Waals surface area contributed by atoms with Gasteiger partial charge in [-0.1, -0.05) is 0 Å². The third-order valence-corrected chi connectivity index (χ3v) is 2.51. The average molecular weight is 258 g/mol. The lowest BCUT2D eigenvalue weighted by molar-refractivity contribution is 0.101. The summed E-state index contributed by atoms with van der Waals surface area (Å²) in [6.45, 7) is 1.50. The summed E-state index contributed by atoms with van der Waals surface area (Å²) in [6, 6.07) is 6.34. The van der Waals surface area contributed by atoms with Gasteiger partial charge in [-0.25, -0.2) is 4.79 Å². The molecular weight excluding hydrogens is 244 g/mol. The van der Waals surface area contributed by atoms with Crippen molar-refractivity contribution in [3.05, 3.63) is 42.2 Å². The minimum absolute atomic E-state index is 0.00800. The fourth-order valence-corrected chi connectivity index (χ4v) is 1.57. The van der Waals surface area contributed by atoms with Crippen LogP contribution in [0.1, 0.15) is 17.3 Å². The molecule has 0 radical (unpaired) electrons. The number of aryl methyl sites for hydroxylation is 1. The van der Waals surface area contributed by atoms with Gasteiger partial charge < -0.3 is 10.6 Å².